The second kappa shape index (κ2) is 4.60. The van der Waals surface area contributed by atoms with Gasteiger partial charge in [-0.15, -0.1) is 0 Å². The highest BCUT2D eigenvalue weighted by molar-refractivity contribution is 6.30. The molecule has 1 unspecified atom stereocenters. The van der Waals surface area contributed by atoms with Crippen LogP contribution in [-0.4, -0.2) is 10.1 Å². The van der Waals surface area contributed by atoms with E-state index in [0.29, 0.717) is 16.3 Å². The molecule has 0 amide bonds. The van der Waals surface area contributed by atoms with Crippen molar-refractivity contribution in [2.75, 3.05) is 0 Å². The van der Waals surface area contributed by atoms with Gasteiger partial charge in [0.25, 0.3) is 0 Å². The highest BCUT2D eigenvalue weighted by Gasteiger charge is 2.11. The fraction of sp³-hybridized carbons (Fsp3) is 0.0833. The monoisotopic (exact) mass is 237 g/mol. The van der Waals surface area contributed by atoms with Gasteiger partial charge in [-0.2, -0.15) is 0 Å². The molecule has 1 atom stereocenters. The highest BCUT2D eigenvalue weighted by atomic mass is 35.5. The van der Waals surface area contributed by atoms with Crippen molar-refractivity contribution in [3.63, 3.8) is 0 Å². The van der Waals surface area contributed by atoms with E-state index in [4.69, 9.17) is 11.6 Å². The Balaban J connectivity index is 2.28. The Bertz CT molecular complexity index is 424. The topological polar surface area (TPSA) is 33.1 Å². The van der Waals surface area contributed by atoms with Crippen LogP contribution in [0.1, 0.15) is 17.4 Å². The predicted molar refractivity (Wildman–Crippen MR) is 59.7 cm³/mol. The summed E-state index contributed by atoms with van der Waals surface area (Å²) in [5.41, 5.74) is 1.08. The maximum absolute atomic E-state index is 12.7. The first-order valence-electron chi connectivity index (χ1n) is 4.72. The predicted octanol–water partition coefficient (Wildman–Crippen LogP) is 2.96. The minimum Gasteiger partial charge on any atom is -0.382 e. The maximum atomic E-state index is 12.7. The summed E-state index contributed by atoms with van der Waals surface area (Å²) in [7, 11) is 0. The summed E-state index contributed by atoms with van der Waals surface area (Å²) in [6.07, 6.45) is 0.599. The quantitative estimate of drug-likeness (QED) is 0.871. The van der Waals surface area contributed by atoms with Gasteiger partial charge in [-0.05, 0) is 29.8 Å². The molecule has 0 saturated carbocycles. The Morgan fingerprint density at radius 2 is 1.81 bits per heavy atom. The van der Waals surface area contributed by atoms with E-state index < -0.39 is 6.10 Å². The van der Waals surface area contributed by atoms with E-state index in [0.717, 1.165) is 0 Å². The molecule has 1 heterocycles. The van der Waals surface area contributed by atoms with Crippen molar-refractivity contribution < 1.29 is 9.50 Å². The minimum atomic E-state index is -0.863. The van der Waals surface area contributed by atoms with Gasteiger partial charge in [0.2, 0.25) is 0 Å². The third-order valence-corrected chi connectivity index (χ3v) is 2.44. The number of halogens is 2. The van der Waals surface area contributed by atoms with Crippen LogP contribution in [0.25, 0.3) is 0 Å². The first-order valence-corrected chi connectivity index (χ1v) is 5.09. The molecule has 2 aromatic rings. The number of aromatic nitrogens is 1. The summed E-state index contributed by atoms with van der Waals surface area (Å²) in [5, 5.41) is 10.5. The molecule has 1 aromatic heterocycles. The average Bonchev–Trinajstić information content (AvgIpc) is 2.30. The molecule has 1 aromatic carbocycles. The average molecular weight is 238 g/mol. The van der Waals surface area contributed by atoms with E-state index in [2.05, 4.69) is 4.98 Å². The van der Waals surface area contributed by atoms with Crippen LogP contribution in [0.3, 0.4) is 0 Å². The second-order valence-electron chi connectivity index (χ2n) is 3.36. The number of benzene rings is 1. The number of rotatable bonds is 2. The lowest BCUT2D eigenvalue weighted by atomic mass is 10.1. The Labute approximate surface area is 97.3 Å². The normalized spacial score (nSPS) is 12.4. The van der Waals surface area contributed by atoms with Crippen LogP contribution >= 0.6 is 11.6 Å². The zero-order valence-corrected chi connectivity index (χ0v) is 9.03. The fourth-order valence-corrected chi connectivity index (χ4v) is 1.48. The summed E-state index contributed by atoms with van der Waals surface area (Å²) in [5.74, 6) is -0.333. The third kappa shape index (κ3) is 2.38. The summed E-state index contributed by atoms with van der Waals surface area (Å²) in [6.45, 7) is 0. The third-order valence-electron chi connectivity index (χ3n) is 2.22. The van der Waals surface area contributed by atoms with E-state index in [1.165, 1.54) is 30.5 Å². The maximum Gasteiger partial charge on any atom is 0.123 e. The van der Waals surface area contributed by atoms with Crippen LogP contribution in [0.15, 0.2) is 42.6 Å². The molecule has 2 nitrogen and oxygen atoms in total. The summed E-state index contributed by atoms with van der Waals surface area (Å²) < 4.78 is 12.7. The van der Waals surface area contributed by atoms with Gasteiger partial charge >= 0.3 is 0 Å². The molecule has 0 aliphatic rings. The number of hydrogen-bond acceptors (Lipinski definition) is 2. The van der Waals surface area contributed by atoms with Gasteiger partial charge in [-0.25, -0.2) is 4.39 Å². The van der Waals surface area contributed by atoms with Gasteiger partial charge in [0.15, 0.2) is 0 Å². The number of pyridine rings is 1. The minimum absolute atomic E-state index is 0.333. The van der Waals surface area contributed by atoms with Crippen molar-refractivity contribution in [2.45, 2.75) is 6.10 Å². The zero-order valence-electron chi connectivity index (χ0n) is 8.27. The van der Waals surface area contributed by atoms with E-state index >= 15 is 0 Å². The SMILES string of the molecule is OC(c1ccc(F)cc1)c1ccc(Cl)cn1. The number of hydrogen-bond donors (Lipinski definition) is 1. The Hall–Kier alpha value is -1.45. The first kappa shape index (κ1) is 11.0. The van der Waals surface area contributed by atoms with E-state index in [1.54, 1.807) is 12.1 Å². The number of aliphatic hydroxyl groups excluding tert-OH is 1. The number of nitrogens with zero attached hydrogens (tertiary/aromatic N) is 1. The zero-order chi connectivity index (χ0) is 11.5. The van der Waals surface area contributed by atoms with Crippen LogP contribution in [0.5, 0.6) is 0 Å². The summed E-state index contributed by atoms with van der Waals surface area (Å²) in [4.78, 5) is 4.00. The molecule has 0 aliphatic heterocycles. The molecule has 0 radical (unpaired) electrons. The van der Waals surface area contributed by atoms with E-state index in [1.807, 2.05) is 0 Å². The molecule has 0 bridgehead atoms. The lowest BCUT2D eigenvalue weighted by molar-refractivity contribution is 0.215. The molecule has 1 N–H and O–H groups in total. The highest BCUT2D eigenvalue weighted by Crippen LogP contribution is 2.21. The van der Waals surface area contributed by atoms with Gasteiger partial charge in [-0.3, -0.25) is 4.98 Å². The molecular weight excluding hydrogens is 229 g/mol. The standard InChI is InChI=1S/C12H9ClFNO/c13-9-3-6-11(15-7-9)12(16)8-1-4-10(14)5-2-8/h1-7,12,16H. The van der Waals surface area contributed by atoms with E-state index in [9.17, 15) is 9.50 Å². The van der Waals surface area contributed by atoms with Gasteiger partial charge in [0.1, 0.15) is 11.9 Å². The summed E-state index contributed by atoms with van der Waals surface area (Å²) in [6, 6.07) is 8.93. The smallest absolute Gasteiger partial charge is 0.123 e. The fourth-order valence-electron chi connectivity index (χ4n) is 1.36. The molecule has 0 fully saturated rings. The molecule has 16 heavy (non-hydrogen) atoms. The van der Waals surface area contributed by atoms with Crippen LogP contribution in [0.4, 0.5) is 4.39 Å². The van der Waals surface area contributed by atoms with Crippen LogP contribution in [-0.2, 0) is 0 Å². The van der Waals surface area contributed by atoms with Gasteiger partial charge in [-0.1, -0.05) is 23.7 Å². The second-order valence-corrected chi connectivity index (χ2v) is 3.79. The van der Waals surface area contributed by atoms with Crippen molar-refractivity contribution in [1.82, 2.24) is 4.98 Å². The number of aliphatic hydroxyl groups is 1. The van der Waals surface area contributed by atoms with Crippen molar-refractivity contribution >= 4 is 11.6 Å². The molecule has 0 spiro atoms. The Kier molecular flexibility index (Phi) is 3.17. The van der Waals surface area contributed by atoms with Gasteiger partial charge in [0.05, 0.1) is 10.7 Å². The van der Waals surface area contributed by atoms with Crippen LogP contribution in [0, 0.1) is 5.82 Å². The molecule has 4 heteroatoms. The largest absolute Gasteiger partial charge is 0.382 e. The van der Waals surface area contributed by atoms with Gasteiger partial charge in [0, 0.05) is 6.20 Å². The van der Waals surface area contributed by atoms with E-state index in [-0.39, 0.29) is 5.82 Å². The lowest BCUT2D eigenvalue weighted by Gasteiger charge is -2.10. The van der Waals surface area contributed by atoms with Crippen molar-refractivity contribution in [3.05, 3.63) is 64.7 Å². The van der Waals surface area contributed by atoms with Crippen molar-refractivity contribution in [3.8, 4) is 0 Å². The van der Waals surface area contributed by atoms with Crippen molar-refractivity contribution in [2.24, 2.45) is 0 Å². The molecule has 2 rings (SSSR count). The first-order chi connectivity index (χ1) is 7.66. The summed E-state index contributed by atoms with van der Waals surface area (Å²) >= 11 is 5.69. The van der Waals surface area contributed by atoms with Crippen molar-refractivity contribution in [1.29, 1.82) is 0 Å². The van der Waals surface area contributed by atoms with Crippen LogP contribution < -0.4 is 0 Å². The lowest BCUT2D eigenvalue weighted by Crippen LogP contribution is -2.01. The Morgan fingerprint density at radius 1 is 1.12 bits per heavy atom. The Morgan fingerprint density at radius 3 is 2.38 bits per heavy atom. The molecular formula is C12H9ClFNO. The molecule has 82 valence electrons. The molecule has 0 aliphatic carbocycles. The van der Waals surface area contributed by atoms with Gasteiger partial charge < -0.3 is 5.11 Å². The van der Waals surface area contributed by atoms with Crippen LogP contribution in [0.2, 0.25) is 5.02 Å². The molecule has 0 saturated heterocycles.